The van der Waals surface area contributed by atoms with Crippen LogP contribution in [0.4, 0.5) is 0 Å². The van der Waals surface area contributed by atoms with Crippen molar-refractivity contribution in [2.75, 3.05) is 0 Å². The molecule has 0 radical (unpaired) electrons. The smallest absolute Gasteiger partial charge is 0.242 e. The van der Waals surface area contributed by atoms with Crippen LogP contribution in [0.25, 0.3) is 11.0 Å². The van der Waals surface area contributed by atoms with Crippen LogP contribution < -0.4 is 11.1 Å². The summed E-state index contributed by atoms with van der Waals surface area (Å²) < 4.78 is 1.66. The number of carbonyl (C=O) groups excluding carboxylic acids is 1. The molecule has 2 aliphatic rings. The first-order chi connectivity index (χ1) is 10.6. The minimum Gasteiger partial charge on any atom is -0.351 e. The van der Waals surface area contributed by atoms with E-state index >= 15 is 0 Å². The highest BCUT2D eigenvalue weighted by Gasteiger charge is 2.57. The van der Waals surface area contributed by atoms with Crippen molar-refractivity contribution in [3.8, 4) is 0 Å². The van der Waals surface area contributed by atoms with Crippen molar-refractivity contribution in [2.24, 2.45) is 11.1 Å². The average molecular weight is 299 g/mol. The first-order valence-corrected chi connectivity index (χ1v) is 7.92. The minimum absolute atomic E-state index is 0.00412. The Morgan fingerprint density at radius 1 is 1.50 bits per heavy atom. The standard InChI is InChI=1S/C16H21N5O/c1-10-5-11-8-19-21(15(11)18-7-10)9-14(22)20-13-6-12(17)16(13)3-2-4-16/h5,7-8,12-13H,2-4,6,9,17H2,1H3,(H,20,22). The van der Waals surface area contributed by atoms with Gasteiger partial charge in [0.1, 0.15) is 6.54 Å². The van der Waals surface area contributed by atoms with Crippen molar-refractivity contribution in [2.45, 2.75) is 51.2 Å². The summed E-state index contributed by atoms with van der Waals surface area (Å²) in [5.74, 6) is -0.00412. The first-order valence-electron chi connectivity index (χ1n) is 7.92. The lowest BCUT2D eigenvalue weighted by molar-refractivity contribution is -0.128. The van der Waals surface area contributed by atoms with E-state index in [9.17, 15) is 4.79 Å². The van der Waals surface area contributed by atoms with Gasteiger partial charge in [-0.25, -0.2) is 9.67 Å². The first kappa shape index (κ1) is 13.7. The topological polar surface area (TPSA) is 85.8 Å². The number of hydrogen-bond acceptors (Lipinski definition) is 4. The average Bonchev–Trinajstić information content (AvgIpc) is 2.78. The number of amides is 1. The van der Waals surface area contributed by atoms with Crippen LogP contribution in [0.3, 0.4) is 0 Å². The molecule has 2 aromatic heterocycles. The molecule has 0 bridgehead atoms. The second-order valence-corrected chi connectivity index (χ2v) is 6.78. The van der Waals surface area contributed by atoms with Crippen LogP contribution in [0.5, 0.6) is 0 Å². The van der Waals surface area contributed by atoms with Gasteiger partial charge in [0.25, 0.3) is 0 Å². The van der Waals surface area contributed by atoms with E-state index in [4.69, 9.17) is 5.73 Å². The fraction of sp³-hybridized carbons (Fsp3) is 0.562. The third-order valence-corrected chi connectivity index (χ3v) is 5.45. The molecule has 2 aromatic rings. The summed E-state index contributed by atoms with van der Waals surface area (Å²) in [4.78, 5) is 16.7. The van der Waals surface area contributed by atoms with Crippen LogP contribution >= 0.6 is 0 Å². The van der Waals surface area contributed by atoms with Gasteiger partial charge in [-0.3, -0.25) is 4.79 Å². The van der Waals surface area contributed by atoms with Crippen LogP contribution in [0.15, 0.2) is 18.5 Å². The monoisotopic (exact) mass is 299 g/mol. The Kier molecular flexibility index (Phi) is 2.97. The van der Waals surface area contributed by atoms with E-state index in [2.05, 4.69) is 15.4 Å². The Bertz CT molecular complexity index is 733. The highest BCUT2D eigenvalue weighted by molar-refractivity contribution is 5.80. The summed E-state index contributed by atoms with van der Waals surface area (Å²) in [6.07, 6.45) is 7.97. The van der Waals surface area contributed by atoms with Gasteiger partial charge in [-0.1, -0.05) is 6.42 Å². The normalized spacial score (nSPS) is 25.7. The van der Waals surface area contributed by atoms with E-state index in [1.807, 2.05) is 13.0 Å². The van der Waals surface area contributed by atoms with Crippen molar-refractivity contribution in [3.05, 3.63) is 24.0 Å². The molecule has 1 spiro atoms. The molecule has 2 heterocycles. The van der Waals surface area contributed by atoms with Crippen LogP contribution in [-0.4, -0.2) is 32.8 Å². The third kappa shape index (κ3) is 1.94. The molecule has 1 amide bonds. The number of rotatable bonds is 3. The lowest BCUT2D eigenvalue weighted by Gasteiger charge is -2.60. The molecule has 22 heavy (non-hydrogen) atoms. The zero-order valence-corrected chi connectivity index (χ0v) is 12.7. The number of nitrogens with zero attached hydrogens (tertiary/aromatic N) is 3. The molecule has 2 fully saturated rings. The van der Waals surface area contributed by atoms with Crippen LogP contribution in [0, 0.1) is 12.3 Å². The highest BCUT2D eigenvalue weighted by atomic mass is 16.2. The molecule has 6 nitrogen and oxygen atoms in total. The Balaban J connectivity index is 1.45. The quantitative estimate of drug-likeness (QED) is 0.889. The van der Waals surface area contributed by atoms with Gasteiger partial charge in [0.05, 0.1) is 6.20 Å². The van der Waals surface area contributed by atoms with Gasteiger partial charge < -0.3 is 11.1 Å². The SMILES string of the molecule is Cc1cnc2c(cnn2CC(=O)NC2CC(N)C23CCC3)c1. The molecular weight excluding hydrogens is 278 g/mol. The molecule has 0 aromatic carbocycles. The minimum atomic E-state index is -0.00412. The molecule has 0 aliphatic heterocycles. The molecular formula is C16H21N5O. The van der Waals surface area contributed by atoms with Gasteiger partial charge in [-0.15, -0.1) is 0 Å². The van der Waals surface area contributed by atoms with E-state index in [0.29, 0.717) is 0 Å². The molecule has 116 valence electrons. The van der Waals surface area contributed by atoms with Gasteiger partial charge in [0.15, 0.2) is 5.65 Å². The van der Waals surface area contributed by atoms with Gasteiger partial charge >= 0.3 is 0 Å². The summed E-state index contributed by atoms with van der Waals surface area (Å²) >= 11 is 0. The number of aromatic nitrogens is 3. The lowest BCUT2D eigenvalue weighted by Crippen LogP contribution is -2.70. The van der Waals surface area contributed by atoms with Gasteiger partial charge in [0.2, 0.25) is 5.91 Å². The maximum Gasteiger partial charge on any atom is 0.242 e. The van der Waals surface area contributed by atoms with E-state index in [0.717, 1.165) is 35.9 Å². The molecule has 3 N–H and O–H groups in total. The maximum atomic E-state index is 12.3. The molecule has 2 aliphatic carbocycles. The van der Waals surface area contributed by atoms with Crippen molar-refractivity contribution in [1.82, 2.24) is 20.1 Å². The van der Waals surface area contributed by atoms with Crippen molar-refractivity contribution >= 4 is 16.9 Å². The van der Waals surface area contributed by atoms with Crippen molar-refractivity contribution in [1.29, 1.82) is 0 Å². The number of hydrogen-bond donors (Lipinski definition) is 2. The number of pyridine rings is 1. The Labute approximate surface area is 129 Å². The Morgan fingerprint density at radius 3 is 3.00 bits per heavy atom. The summed E-state index contributed by atoms with van der Waals surface area (Å²) in [6, 6.07) is 2.51. The van der Waals surface area contributed by atoms with Crippen LogP contribution in [-0.2, 0) is 11.3 Å². The second-order valence-electron chi connectivity index (χ2n) is 6.78. The molecule has 4 rings (SSSR count). The van der Waals surface area contributed by atoms with E-state index in [1.165, 1.54) is 6.42 Å². The second kappa shape index (κ2) is 4.78. The Morgan fingerprint density at radius 2 is 2.32 bits per heavy atom. The summed E-state index contributed by atoms with van der Waals surface area (Å²) in [7, 11) is 0. The predicted octanol–water partition coefficient (Wildman–Crippen LogP) is 1.13. The van der Waals surface area contributed by atoms with Crippen LogP contribution in [0.1, 0.15) is 31.2 Å². The zero-order chi connectivity index (χ0) is 15.3. The Hall–Kier alpha value is -1.95. The maximum absolute atomic E-state index is 12.3. The molecule has 6 heteroatoms. The number of nitrogens with one attached hydrogen (secondary N) is 1. The van der Waals surface area contributed by atoms with E-state index in [-0.39, 0.29) is 30.0 Å². The van der Waals surface area contributed by atoms with Gasteiger partial charge in [-0.05, 0) is 37.8 Å². The molecule has 2 atom stereocenters. The third-order valence-electron chi connectivity index (χ3n) is 5.45. The summed E-state index contributed by atoms with van der Waals surface area (Å²) in [5.41, 5.74) is 8.15. The van der Waals surface area contributed by atoms with Crippen LogP contribution in [0.2, 0.25) is 0 Å². The fourth-order valence-corrected chi connectivity index (χ4v) is 3.90. The number of fused-ring (bicyclic) bond motifs is 1. The zero-order valence-electron chi connectivity index (χ0n) is 12.7. The lowest BCUT2D eigenvalue weighted by atomic mass is 9.50. The molecule has 2 unspecified atom stereocenters. The molecule has 0 saturated heterocycles. The summed E-state index contributed by atoms with van der Waals surface area (Å²) in [5, 5.41) is 8.39. The predicted molar refractivity (Wildman–Crippen MR) is 83.1 cm³/mol. The van der Waals surface area contributed by atoms with E-state index in [1.54, 1.807) is 17.1 Å². The van der Waals surface area contributed by atoms with E-state index < -0.39 is 0 Å². The molecule has 2 saturated carbocycles. The van der Waals surface area contributed by atoms with Crippen molar-refractivity contribution < 1.29 is 4.79 Å². The number of aryl methyl sites for hydroxylation is 1. The van der Waals surface area contributed by atoms with Gasteiger partial charge in [-0.2, -0.15) is 5.10 Å². The summed E-state index contributed by atoms with van der Waals surface area (Å²) in [6.45, 7) is 2.20. The highest BCUT2D eigenvalue weighted by Crippen LogP contribution is 2.54. The largest absolute Gasteiger partial charge is 0.351 e. The number of nitrogens with two attached hydrogens (primary N) is 1. The van der Waals surface area contributed by atoms with Crippen molar-refractivity contribution in [3.63, 3.8) is 0 Å². The van der Waals surface area contributed by atoms with Gasteiger partial charge in [0, 0.05) is 29.1 Å². The number of carbonyl (C=O) groups is 1. The fourth-order valence-electron chi connectivity index (χ4n) is 3.90.